The molecule has 0 aromatic rings. The number of nitrogens with zero attached hydrogens (tertiary/aromatic N) is 1. The molecule has 0 radical (unpaired) electrons. The van der Waals surface area contributed by atoms with E-state index in [2.05, 4.69) is 38.2 Å². The fourth-order valence-corrected chi connectivity index (χ4v) is 8.50. The van der Waals surface area contributed by atoms with Crippen LogP contribution in [0, 0.1) is 0 Å². The van der Waals surface area contributed by atoms with Crippen LogP contribution in [0.25, 0.3) is 0 Å². The lowest BCUT2D eigenvalue weighted by Crippen LogP contribution is -2.37. The summed E-state index contributed by atoms with van der Waals surface area (Å²) >= 11 is 0. The van der Waals surface area contributed by atoms with Crippen molar-refractivity contribution in [1.82, 2.24) is 0 Å². The van der Waals surface area contributed by atoms with E-state index in [-0.39, 0.29) is 25.8 Å². The van der Waals surface area contributed by atoms with Crippen LogP contribution >= 0.6 is 7.82 Å². The van der Waals surface area contributed by atoms with Gasteiger partial charge in [0.25, 0.3) is 7.82 Å². The molecule has 2 atom stereocenters. The Morgan fingerprint density at radius 1 is 0.476 bits per heavy atom. The molecule has 0 spiro atoms. The van der Waals surface area contributed by atoms with Crippen LogP contribution in [0.3, 0.4) is 0 Å². The van der Waals surface area contributed by atoms with E-state index in [1.165, 1.54) is 193 Å². The van der Waals surface area contributed by atoms with Crippen molar-refractivity contribution in [2.75, 3.05) is 54.1 Å². The Morgan fingerprint density at radius 3 is 1.21 bits per heavy atom. The molecule has 0 rings (SSSR count). The molecule has 0 aliphatic rings. The van der Waals surface area contributed by atoms with E-state index in [0.29, 0.717) is 24.1 Å². The average molecular weight is 912 g/mol. The lowest BCUT2D eigenvalue weighted by Gasteiger charge is -2.28. The molecule has 0 aliphatic heterocycles. The zero-order valence-electron chi connectivity index (χ0n) is 42.5. The number of carbonyl (C=O) groups excluding carboxylic acids is 1. The molecular formula is C54H106NO7P. The first-order valence-corrected chi connectivity index (χ1v) is 28.5. The van der Waals surface area contributed by atoms with Gasteiger partial charge in [-0.05, 0) is 64.2 Å². The van der Waals surface area contributed by atoms with Crippen molar-refractivity contribution >= 4 is 13.8 Å². The van der Waals surface area contributed by atoms with Crippen molar-refractivity contribution in [2.24, 2.45) is 0 Å². The number of rotatable bonds is 51. The molecule has 0 bridgehead atoms. The predicted molar refractivity (Wildman–Crippen MR) is 268 cm³/mol. The van der Waals surface area contributed by atoms with E-state index >= 15 is 0 Å². The monoisotopic (exact) mass is 912 g/mol. The van der Waals surface area contributed by atoms with Crippen molar-refractivity contribution in [3.8, 4) is 0 Å². The van der Waals surface area contributed by atoms with Crippen molar-refractivity contribution in [2.45, 2.75) is 264 Å². The molecule has 0 aliphatic carbocycles. The predicted octanol–water partition coefficient (Wildman–Crippen LogP) is 16.1. The van der Waals surface area contributed by atoms with E-state index in [1.54, 1.807) is 0 Å². The lowest BCUT2D eigenvalue weighted by molar-refractivity contribution is -0.870. The molecule has 0 aromatic heterocycles. The largest absolute Gasteiger partial charge is 0.756 e. The Morgan fingerprint density at radius 2 is 0.825 bits per heavy atom. The van der Waals surface area contributed by atoms with Gasteiger partial charge >= 0.3 is 5.97 Å². The van der Waals surface area contributed by atoms with Gasteiger partial charge in [-0.15, -0.1) is 0 Å². The fraction of sp³-hybridized carbons (Fsp3) is 0.907. The average Bonchev–Trinajstić information content (AvgIpc) is 3.24. The molecule has 0 aromatic carbocycles. The third-order valence-corrected chi connectivity index (χ3v) is 12.9. The van der Waals surface area contributed by atoms with Crippen LogP contribution in [0.5, 0.6) is 0 Å². The standard InChI is InChI=1S/C54H106NO7P/c1-6-8-10-12-14-16-18-20-22-23-24-25-26-27-28-29-30-31-32-34-36-38-40-42-44-46-49-59-51-53(52-61-63(57,58)60-50-48-55(3,4)5)62-54(56)47-45-43-41-39-37-35-33-21-19-17-15-13-11-9-7-2/h21,23-24,33,53H,6-20,22,25-32,34-52H2,1-5H3/b24-23-,33-21-. The number of phosphoric ester groups is 1. The van der Waals surface area contributed by atoms with Gasteiger partial charge in [-0.2, -0.15) is 0 Å². The first kappa shape index (κ1) is 62.0. The first-order valence-electron chi connectivity index (χ1n) is 27.1. The third-order valence-electron chi connectivity index (χ3n) is 12.0. The smallest absolute Gasteiger partial charge is 0.306 e. The maximum atomic E-state index is 12.7. The molecule has 8 nitrogen and oxygen atoms in total. The molecule has 9 heteroatoms. The van der Waals surface area contributed by atoms with Gasteiger partial charge in [0.1, 0.15) is 19.3 Å². The fourth-order valence-electron chi connectivity index (χ4n) is 7.77. The van der Waals surface area contributed by atoms with Crippen LogP contribution in [-0.4, -0.2) is 70.7 Å². The zero-order chi connectivity index (χ0) is 46.2. The second kappa shape index (κ2) is 47.5. The molecular weight excluding hydrogens is 806 g/mol. The Labute approximate surface area is 392 Å². The second-order valence-corrected chi connectivity index (χ2v) is 21.0. The maximum Gasteiger partial charge on any atom is 0.306 e. The summed E-state index contributed by atoms with van der Waals surface area (Å²) in [6, 6.07) is 0. The van der Waals surface area contributed by atoms with Gasteiger partial charge in [0.2, 0.25) is 0 Å². The van der Waals surface area contributed by atoms with Gasteiger partial charge in [-0.25, -0.2) is 0 Å². The summed E-state index contributed by atoms with van der Waals surface area (Å²) in [5, 5.41) is 0. The second-order valence-electron chi connectivity index (χ2n) is 19.6. The minimum Gasteiger partial charge on any atom is -0.756 e. The summed E-state index contributed by atoms with van der Waals surface area (Å²) in [4.78, 5) is 25.2. The lowest BCUT2D eigenvalue weighted by atomic mass is 10.0. The van der Waals surface area contributed by atoms with E-state index in [9.17, 15) is 14.3 Å². The van der Waals surface area contributed by atoms with E-state index in [1.807, 2.05) is 21.1 Å². The number of phosphoric acid groups is 1. The quantitative estimate of drug-likeness (QED) is 0.0197. The minimum absolute atomic E-state index is 0.0266. The molecule has 63 heavy (non-hydrogen) atoms. The molecule has 374 valence electrons. The van der Waals surface area contributed by atoms with Crippen LogP contribution in [0.2, 0.25) is 0 Å². The van der Waals surface area contributed by atoms with Gasteiger partial charge in [0, 0.05) is 13.0 Å². The van der Waals surface area contributed by atoms with Crippen LogP contribution < -0.4 is 4.89 Å². The summed E-state index contributed by atoms with van der Waals surface area (Å²) in [5.74, 6) is -0.338. The number of hydrogen-bond donors (Lipinski definition) is 0. The summed E-state index contributed by atoms with van der Waals surface area (Å²) in [7, 11) is 1.36. The van der Waals surface area contributed by atoms with Gasteiger partial charge < -0.3 is 27.9 Å². The van der Waals surface area contributed by atoms with E-state index in [4.69, 9.17) is 18.5 Å². The Kier molecular flexibility index (Phi) is 46.7. The number of likely N-dealkylation sites (N-methyl/N-ethyl adjacent to an activating group) is 1. The van der Waals surface area contributed by atoms with Gasteiger partial charge in [0.05, 0.1) is 34.4 Å². The van der Waals surface area contributed by atoms with Crippen LogP contribution in [0.4, 0.5) is 0 Å². The molecule has 2 unspecified atom stereocenters. The van der Waals surface area contributed by atoms with Crippen molar-refractivity contribution in [3.05, 3.63) is 24.3 Å². The Hall–Kier alpha value is -1.02. The topological polar surface area (TPSA) is 94.1 Å². The highest BCUT2D eigenvalue weighted by molar-refractivity contribution is 7.45. The van der Waals surface area contributed by atoms with Crippen LogP contribution in [-0.2, 0) is 27.9 Å². The summed E-state index contributed by atoms with van der Waals surface area (Å²) in [6.07, 6.45) is 56.4. The number of esters is 1. The van der Waals surface area contributed by atoms with Crippen molar-refractivity contribution in [1.29, 1.82) is 0 Å². The normalized spacial score (nSPS) is 13.7. The Balaban J connectivity index is 4.03. The number of hydrogen-bond acceptors (Lipinski definition) is 7. The van der Waals surface area contributed by atoms with E-state index < -0.39 is 13.9 Å². The number of quaternary nitrogens is 1. The summed E-state index contributed by atoms with van der Waals surface area (Å²) in [5.41, 5.74) is 0. The summed E-state index contributed by atoms with van der Waals surface area (Å²) < 4.78 is 34.8. The van der Waals surface area contributed by atoms with Gasteiger partial charge in [-0.3, -0.25) is 9.36 Å². The molecule has 0 saturated carbocycles. The number of allylic oxidation sites excluding steroid dienone is 4. The SMILES string of the molecule is CCCCCCCC/C=C\CCCCCCCC(=O)OC(COCCCCCCCCCCCCCCCC/C=C\CCCCCCCCCC)COP(=O)([O-])OCC[N+](C)(C)C. The number of carbonyl (C=O) groups is 1. The molecule has 0 amide bonds. The molecule has 0 saturated heterocycles. The molecule has 0 N–H and O–H groups in total. The third kappa shape index (κ3) is 51.8. The van der Waals surface area contributed by atoms with Gasteiger partial charge in [0.15, 0.2) is 0 Å². The van der Waals surface area contributed by atoms with Crippen LogP contribution in [0.1, 0.15) is 258 Å². The summed E-state index contributed by atoms with van der Waals surface area (Å²) in [6.45, 7) is 5.44. The first-order chi connectivity index (χ1) is 30.6. The minimum atomic E-state index is -4.53. The highest BCUT2D eigenvalue weighted by Gasteiger charge is 2.20. The number of ether oxygens (including phenoxy) is 2. The highest BCUT2D eigenvalue weighted by atomic mass is 31.2. The maximum absolute atomic E-state index is 12.7. The molecule has 0 heterocycles. The van der Waals surface area contributed by atoms with Crippen molar-refractivity contribution in [3.63, 3.8) is 0 Å². The van der Waals surface area contributed by atoms with Crippen molar-refractivity contribution < 1.29 is 37.3 Å². The van der Waals surface area contributed by atoms with E-state index in [0.717, 1.165) is 44.9 Å². The molecule has 0 fully saturated rings. The highest BCUT2D eigenvalue weighted by Crippen LogP contribution is 2.38. The van der Waals surface area contributed by atoms with Gasteiger partial charge in [-0.1, -0.05) is 212 Å². The van der Waals surface area contributed by atoms with Crippen LogP contribution in [0.15, 0.2) is 24.3 Å². The zero-order valence-corrected chi connectivity index (χ0v) is 43.4. The number of unbranched alkanes of at least 4 members (excludes halogenated alkanes) is 33. The Bertz CT molecular complexity index is 1060.